The van der Waals surface area contributed by atoms with Gasteiger partial charge in [0, 0.05) is 17.1 Å². The van der Waals surface area contributed by atoms with Gasteiger partial charge in [-0.05, 0) is 82.3 Å². The molecule has 4 rings (SSSR count). The van der Waals surface area contributed by atoms with Crippen LogP contribution in [-0.2, 0) is 0 Å². The lowest BCUT2D eigenvalue weighted by Crippen LogP contribution is -2.23. The number of hydrogen-bond acceptors (Lipinski definition) is 2. The third-order valence-corrected chi connectivity index (χ3v) is 7.10. The fraction of sp³-hybridized carbons (Fsp3) is 0.270. The summed E-state index contributed by atoms with van der Waals surface area (Å²) in [6, 6.07) is 40.2. The maximum Gasteiger partial charge on any atom is 0.0998 e. The van der Waals surface area contributed by atoms with Crippen molar-refractivity contribution in [2.24, 2.45) is 10.8 Å². The van der Waals surface area contributed by atoms with Crippen LogP contribution in [0.5, 0.6) is 0 Å². The minimum Gasteiger partial charge on any atom is -0.311 e. The lowest BCUT2D eigenvalue weighted by molar-refractivity contribution is 0.229. The Bertz CT molecular complexity index is 1370. The molecule has 0 aliphatic heterocycles. The largest absolute Gasteiger partial charge is 0.311 e. The van der Waals surface area contributed by atoms with E-state index < -0.39 is 0 Å². The Morgan fingerprint density at radius 1 is 0.692 bits per heavy atom. The molecular formula is C37H40N2. The molecule has 198 valence electrons. The summed E-state index contributed by atoms with van der Waals surface area (Å²) >= 11 is 0. The Hall–Kier alpha value is -4.09. The van der Waals surface area contributed by atoms with Gasteiger partial charge in [0.1, 0.15) is 0 Å². The average Bonchev–Trinajstić information content (AvgIpc) is 2.92. The van der Waals surface area contributed by atoms with E-state index in [0.717, 1.165) is 34.6 Å². The molecule has 39 heavy (non-hydrogen) atoms. The Labute approximate surface area is 235 Å². The molecule has 2 nitrogen and oxygen atoms in total. The third kappa shape index (κ3) is 7.27. The summed E-state index contributed by atoms with van der Waals surface area (Å²) in [6.45, 7) is 13.9. The smallest absolute Gasteiger partial charge is 0.0998 e. The molecule has 1 unspecified atom stereocenters. The number of nitriles is 1. The predicted molar refractivity (Wildman–Crippen MR) is 167 cm³/mol. The zero-order valence-electron chi connectivity index (χ0n) is 24.1. The summed E-state index contributed by atoms with van der Waals surface area (Å²) in [5.74, 6) is 0.450. The molecule has 0 amide bonds. The van der Waals surface area contributed by atoms with Gasteiger partial charge >= 0.3 is 0 Å². The fourth-order valence-corrected chi connectivity index (χ4v) is 5.10. The van der Waals surface area contributed by atoms with Gasteiger partial charge in [0.25, 0.3) is 0 Å². The molecule has 4 aromatic carbocycles. The number of allylic oxidation sites excluding steroid dienone is 1. The molecule has 0 aliphatic carbocycles. The first-order chi connectivity index (χ1) is 18.5. The van der Waals surface area contributed by atoms with Crippen molar-refractivity contribution in [1.82, 2.24) is 0 Å². The Morgan fingerprint density at radius 3 is 1.62 bits per heavy atom. The standard InChI is InChI=1S/C37H40N2/c1-36(2,3)26-35(37(4,5)6)30-21-19-29(20-22-30)31(27-38)25-28-17-23-34(24-18-28)39(32-13-9-7-10-14-32)33-15-11-8-12-16-33/h7-25,35H,26H2,1-6H3/b31-25+. The first-order valence-electron chi connectivity index (χ1n) is 13.8. The van der Waals surface area contributed by atoms with Crippen LogP contribution < -0.4 is 4.90 Å². The minimum atomic E-state index is 0.165. The van der Waals surface area contributed by atoms with Crippen molar-refractivity contribution < 1.29 is 0 Å². The summed E-state index contributed by atoms with van der Waals surface area (Å²) in [7, 11) is 0. The van der Waals surface area contributed by atoms with Gasteiger partial charge in [-0.2, -0.15) is 5.26 Å². The summed E-state index contributed by atoms with van der Waals surface area (Å²) in [4.78, 5) is 2.24. The number of nitrogens with zero attached hydrogens (tertiary/aromatic N) is 2. The summed E-state index contributed by atoms with van der Waals surface area (Å²) in [6.07, 6.45) is 3.09. The highest BCUT2D eigenvalue weighted by atomic mass is 15.1. The second kappa shape index (κ2) is 11.7. The molecule has 4 aromatic rings. The number of benzene rings is 4. The summed E-state index contributed by atoms with van der Waals surface area (Å²) in [5, 5.41) is 10.0. The number of hydrogen-bond donors (Lipinski definition) is 0. The molecule has 0 N–H and O–H groups in total. The van der Waals surface area contributed by atoms with Crippen molar-refractivity contribution in [3.8, 4) is 6.07 Å². The van der Waals surface area contributed by atoms with E-state index in [0.29, 0.717) is 11.5 Å². The van der Waals surface area contributed by atoms with Crippen LogP contribution in [0, 0.1) is 22.2 Å². The van der Waals surface area contributed by atoms with E-state index in [4.69, 9.17) is 0 Å². The van der Waals surface area contributed by atoms with Gasteiger partial charge < -0.3 is 4.90 Å². The van der Waals surface area contributed by atoms with E-state index in [-0.39, 0.29) is 10.8 Å². The number of para-hydroxylation sites is 2. The topological polar surface area (TPSA) is 27.0 Å². The Kier molecular flexibility index (Phi) is 8.41. The van der Waals surface area contributed by atoms with Crippen molar-refractivity contribution >= 4 is 28.7 Å². The average molecular weight is 513 g/mol. The first-order valence-corrected chi connectivity index (χ1v) is 13.8. The molecule has 0 saturated carbocycles. The van der Waals surface area contributed by atoms with Gasteiger partial charge in [-0.15, -0.1) is 0 Å². The quantitative estimate of drug-likeness (QED) is 0.182. The van der Waals surface area contributed by atoms with Crippen molar-refractivity contribution in [2.45, 2.75) is 53.9 Å². The van der Waals surface area contributed by atoms with Crippen LogP contribution in [0.1, 0.15) is 70.6 Å². The first kappa shape index (κ1) is 27.9. The van der Waals surface area contributed by atoms with E-state index in [1.165, 1.54) is 5.56 Å². The van der Waals surface area contributed by atoms with Crippen molar-refractivity contribution in [3.05, 3.63) is 126 Å². The molecule has 2 heteroatoms. The molecule has 0 spiro atoms. The van der Waals surface area contributed by atoms with Crippen LogP contribution in [0.15, 0.2) is 109 Å². The number of rotatable bonds is 7. The normalized spacial score (nSPS) is 13.0. The van der Waals surface area contributed by atoms with Crippen molar-refractivity contribution in [1.29, 1.82) is 5.26 Å². The van der Waals surface area contributed by atoms with Gasteiger partial charge in [-0.25, -0.2) is 0 Å². The highest BCUT2D eigenvalue weighted by Gasteiger charge is 2.30. The molecule has 0 fully saturated rings. The maximum atomic E-state index is 10.0. The molecule has 0 saturated heterocycles. The molecule has 1 atom stereocenters. The highest BCUT2D eigenvalue weighted by Crippen LogP contribution is 2.43. The van der Waals surface area contributed by atoms with Crippen molar-refractivity contribution in [2.75, 3.05) is 4.90 Å². The van der Waals surface area contributed by atoms with Crippen LogP contribution in [0.3, 0.4) is 0 Å². The monoisotopic (exact) mass is 512 g/mol. The van der Waals surface area contributed by atoms with E-state index in [1.54, 1.807) is 0 Å². The fourth-order valence-electron chi connectivity index (χ4n) is 5.10. The second-order valence-corrected chi connectivity index (χ2v) is 12.6. The zero-order valence-corrected chi connectivity index (χ0v) is 24.1. The molecule has 0 aliphatic rings. The van der Waals surface area contributed by atoms with Gasteiger partial charge in [0.15, 0.2) is 0 Å². The predicted octanol–water partition coefficient (Wildman–Crippen LogP) is 10.8. The third-order valence-electron chi connectivity index (χ3n) is 7.10. The van der Waals surface area contributed by atoms with E-state index in [9.17, 15) is 5.26 Å². The van der Waals surface area contributed by atoms with Gasteiger partial charge in [-0.3, -0.25) is 0 Å². The van der Waals surface area contributed by atoms with E-state index in [2.05, 4.69) is 150 Å². The second-order valence-electron chi connectivity index (χ2n) is 12.6. The molecule has 0 aromatic heterocycles. The van der Waals surface area contributed by atoms with Crippen LogP contribution in [0.2, 0.25) is 0 Å². The SMILES string of the molecule is CC(C)(C)CC(c1ccc(/C(C#N)=C/c2ccc(N(c3ccccc3)c3ccccc3)cc2)cc1)C(C)(C)C. The zero-order chi connectivity index (χ0) is 28.0. The van der Waals surface area contributed by atoms with E-state index in [1.807, 2.05) is 18.2 Å². The lowest BCUT2D eigenvalue weighted by Gasteiger charge is -2.36. The molecule has 0 heterocycles. The molecule has 0 radical (unpaired) electrons. The van der Waals surface area contributed by atoms with Crippen LogP contribution in [0.25, 0.3) is 11.6 Å². The molecule has 0 bridgehead atoms. The van der Waals surface area contributed by atoms with Gasteiger partial charge in [0.05, 0.1) is 11.6 Å². The Morgan fingerprint density at radius 2 is 1.18 bits per heavy atom. The van der Waals surface area contributed by atoms with Crippen molar-refractivity contribution in [3.63, 3.8) is 0 Å². The Balaban J connectivity index is 1.61. The van der Waals surface area contributed by atoms with Gasteiger partial charge in [-0.1, -0.05) is 114 Å². The van der Waals surface area contributed by atoms with Crippen LogP contribution >= 0.6 is 0 Å². The summed E-state index contributed by atoms with van der Waals surface area (Å²) < 4.78 is 0. The number of anilines is 3. The van der Waals surface area contributed by atoms with Crippen LogP contribution in [-0.4, -0.2) is 0 Å². The van der Waals surface area contributed by atoms with Crippen LogP contribution in [0.4, 0.5) is 17.1 Å². The van der Waals surface area contributed by atoms with Gasteiger partial charge in [0.2, 0.25) is 0 Å². The summed E-state index contributed by atoms with van der Waals surface area (Å²) in [5.41, 5.74) is 7.64. The minimum absolute atomic E-state index is 0.165. The maximum absolute atomic E-state index is 10.0. The molecular weight excluding hydrogens is 472 g/mol. The highest BCUT2D eigenvalue weighted by molar-refractivity contribution is 5.90. The lowest BCUT2D eigenvalue weighted by atomic mass is 9.69. The van der Waals surface area contributed by atoms with E-state index >= 15 is 0 Å².